The smallest absolute Gasteiger partial charge is 0.258 e. The first-order chi connectivity index (χ1) is 13.0. The summed E-state index contributed by atoms with van der Waals surface area (Å²) in [6.45, 7) is 1.41. The van der Waals surface area contributed by atoms with E-state index < -0.39 is 0 Å². The molecule has 6 heteroatoms. The highest BCUT2D eigenvalue weighted by molar-refractivity contribution is 6.01. The quantitative estimate of drug-likeness (QED) is 0.665. The molecule has 144 valence electrons. The number of amides is 2. The average molecular weight is 369 g/mol. The minimum Gasteiger partial charge on any atom is -0.483 e. The van der Waals surface area contributed by atoms with Gasteiger partial charge in [0, 0.05) is 12.6 Å². The van der Waals surface area contributed by atoms with Crippen molar-refractivity contribution in [1.82, 2.24) is 15.5 Å². The predicted octanol–water partition coefficient (Wildman–Crippen LogP) is 2.18. The molecule has 0 heterocycles. The van der Waals surface area contributed by atoms with Crippen molar-refractivity contribution in [3.63, 3.8) is 0 Å². The van der Waals surface area contributed by atoms with E-state index in [9.17, 15) is 9.59 Å². The van der Waals surface area contributed by atoms with Gasteiger partial charge >= 0.3 is 0 Å². The number of nitrogens with one attached hydrogen (secondary N) is 2. The molecule has 0 atom stereocenters. The minimum atomic E-state index is -0.183. The summed E-state index contributed by atoms with van der Waals surface area (Å²) in [4.78, 5) is 26.7. The number of carbonyl (C=O) groups excluding carboxylic acids is 2. The third-order valence-corrected chi connectivity index (χ3v) is 4.46. The molecule has 2 aromatic carbocycles. The maximum Gasteiger partial charge on any atom is 0.258 e. The average Bonchev–Trinajstić information content (AvgIpc) is 3.46. The van der Waals surface area contributed by atoms with E-state index >= 15 is 0 Å². The summed E-state index contributed by atoms with van der Waals surface area (Å²) in [6, 6.07) is 11.7. The standard InChI is InChI=1S/C21H27N3O3/c1-24(2)11-5-10-22-21(26)18-12-15-6-3-4-7-16(15)13-19(18)27-14-20(25)23-17-8-9-17/h3-4,6-7,12-13,17H,5,8-11,14H2,1-2H3,(H,22,26)(H,23,25). The summed E-state index contributed by atoms with van der Waals surface area (Å²) in [7, 11) is 4.01. The Morgan fingerprint density at radius 1 is 1.15 bits per heavy atom. The molecule has 0 radical (unpaired) electrons. The molecule has 0 spiro atoms. The van der Waals surface area contributed by atoms with Crippen LogP contribution in [0.2, 0.25) is 0 Å². The van der Waals surface area contributed by atoms with Gasteiger partial charge in [0.2, 0.25) is 0 Å². The van der Waals surface area contributed by atoms with E-state index in [-0.39, 0.29) is 24.5 Å². The fraction of sp³-hybridized carbons (Fsp3) is 0.429. The molecule has 1 fully saturated rings. The van der Waals surface area contributed by atoms with E-state index in [0.29, 0.717) is 17.9 Å². The highest BCUT2D eigenvalue weighted by atomic mass is 16.5. The van der Waals surface area contributed by atoms with Crippen LogP contribution in [0, 0.1) is 0 Å². The van der Waals surface area contributed by atoms with Gasteiger partial charge in [-0.3, -0.25) is 9.59 Å². The Balaban J connectivity index is 1.71. The summed E-state index contributed by atoms with van der Waals surface area (Å²) in [5.41, 5.74) is 0.456. The van der Waals surface area contributed by atoms with E-state index in [1.807, 2.05) is 50.5 Å². The van der Waals surface area contributed by atoms with Gasteiger partial charge < -0.3 is 20.3 Å². The van der Waals surface area contributed by atoms with Crippen molar-refractivity contribution >= 4 is 22.6 Å². The summed E-state index contributed by atoms with van der Waals surface area (Å²) >= 11 is 0. The van der Waals surface area contributed by atoms with Crippen LogP contribution >= 0.6 is 0 Å². The lowest BCUT2D eigenvalue weighted by atomic mass is 10.1. The summed E-state index contributed by atoms with van der Waals surface area (Å²) in [5.74, 6) is 0.102. The first-order valence-corrected chi connectivity index (χ1v) is 9.41. The fourth-order valence-corrected chi connectivity index (χ4v) is 2.85. The number of rotatable bonds is 9. The van der Waals surface area contributed by atoms with Gasteiger partial charge in [0.1, 0.15) is 5.75 Å². The number of nitrogens with zero attached hydrogens (tertiary/aromatic N) is 1. The van der Waals surface area contributed by atoms with Crippen LogP contribution < -0.4 is 15.4 Å². The molecule has 27 heavy (non-hydrogen) atoms. The highest BCUT2D eigenvalue weighted by Crippen LogP contribution is 2.26. The molecular weight excluding hydrogens is 342 g/mol. The fourth-order valence-electron chi connectivity index (χ4n) is 2.85. The Bertz CT molecular complexity index is 815. The van der Waals surface area contributed by atoms with Gasteiger partial charge in [-0.2, -0.15) is 0 Å². The number of carbonyl (C=O) groups is 2. The van der Waals surface area contributed by atoms with Gasteiger partial charge in [0.15, 0.2) is 6.61 Å². The lowest BCUT2D eigenvalue weighted by molar-refractivity contribution is -0.123. The van der Waals surface area contributed by atoms with Crippen LogP contribution in [0.1, 0.15) is 29.6 Å². The SMILES string of the molecule is CN(C)CCCNC(=O)c1cc2ccccc2cc1OCC(=O)NC1CC1. The van der Waals surface area contributed by atoms with E-state index in [4.69, 9.17) is 4.74 Å². The molecule has 1 aliphatic carbocycles. The molecular formula is C21H27N3O3. The Hall–Kier alpha value is -2.60. The first kappa shape index (κ1) is 19.2. The van der Waals surface area contributed by atoms with E-state index in [0.717, 1.165) is 36.6 Å². The summed E-state index contributed by atoms with van der Waals surface area (Å²) < 4.78 is 5.72. The van der Waals surface area contributed by atoms with Gasteiger partial charge in [-0.25, -0.2) is 0 Å². The monoisotopic (exact) mass is 369 g/mol. The molecule has 6 nitrogen and oxygen atoms in total. The number of hydrogen-bond donors (Lipinski definition) is 2. The van der Waals surface area contributed by atoms with Crippen LogP contribution in [0.15, 0.2) is 36.4 Å². The van der Waals surface area contributed by atoms with Gasteiger partial charge in [0.05, 0.1) is 5.56 Å². The van der Waals surface area contributed by atoms with Crippen LogP contribution in [0.5, 0.6) is 5.75 Å². The maximum atomic E-state index is 12.7. The lowest BCUT2D eigenvalue weighted by Gasteiger charge is -2.14. The van der Waals surface area contributed by atoms with Crippen LogP contribution in [-0.2, 0) is 4.79 Å². The topological polar surface area (TPSA) is 70.7 Å². The molecule has 0 saturated heterocycles. The van der Waals surface area contributed by atoms with Crippen molar-refractivity contribution in [3.8, 4) is 5.75 Å². The molecule has 0 bridgehead atoms. The van der Waals surface area contributed by atoms with Crippen LogP contribution in [0.4, 0.5) is 0 Å². The molecule has 2 N–H and O–H groups in total. The van der Waals surface area contributed by atoms with Crippen LogP contribution in [-0.4, -0.2) is 56.5 Å². The lowest BCUT2D eigenvalue weighted by Crippen LogP contribution is -2.31. The minimum absolute atomic E-state index is 0.0875. The molecule has 0 aliphatic heterocycles. The van der Waals surface area contributed by atoms with E-state index in [2.05, 4.69) is 15.5 Å². The van der Waals surface area contributed by atoms with Crippen molar-refractivity contribution in [2.45, 2.75) is 25.3 Å². The Labute approximate surface area is 159 Å². The molecule has 2 aromatic rings. The van der Waals surface area contributed by atoms with Crippen molar-refractivity contribution in [3.05, 3.63) is 42.0 Å². The van der Waals surface area contributed by atoms with Crippen LogP contribution in [0.25, 0.3) is 10.8 Å². The van der Waals surface area contributed by atoms with E-state index in [1.165, 1.54) is 0 Å². The van der Waals surface area contributed by atoms with Crippen molar-refractivity contribution in [1.29, 1.82) is 0 Å². The third kappa shape index (κ3) is 5.69. The summed E-state index contributed by atoms with van der Waals surface area (Å²) in [5, 5.41) is 7.77. The zero-order valence-electron chi connectivity index (χ0n) is 16.0. The molecule has 1 saturated carbocycles. The maximum absolute atomic E-state index is 12.7. The molecule has 0 aromatic heterocycles. The zero-order valence-corrected chi connectivity index (χ0v) is 16.0. The van der Waals surface area contributed by atoms with Crippen LogP contribution in [0.3, 0.4) is 0 Å². The first-order valence-electron chi connectivity index (χ1n) is 9.41. The number of fused-ring (bicyclic) bond motifs is 1. The number of hydrogen-bond acceptors (Lipinski definition) is 4. The molecule has 3 rings (SSSR count). The zero-order chi connectivity index (χ0) is 19.2. The van der Waals surface area contributed by atoms with Crippen molar-refractivity contribution in [2.24, 2.45) is 0 Å². The molecule has 2 amide bonds. The predicted molar refractivity (Wildman–Crippen MR) is 106 cm³/mol. The molecule has 0 unspecified atom stereocenters. The van der Waals surface area contributed by atoms with Gasteiger partial charge in [-0.1, -0.05) is 24.3 Å². The second-order valence-corrected chi connectivity index (χ2v) is 7.24. The number of benzene rings is 2. The second kappa shape index (κ2) is 8.86. The van der Waals surface area contributed by atoms with Gasteiger partial charge in [-0.15, -0.1) is 0 Å². The second-order valence-electron chi connectivity index (χ2n) is 7.24. The van der Waals surface area contributed by atoms with Gasteiger partial charge in [-0.05, 0) is 62.8 Å². The third-order valence-electron chi connectivity index (χ3n) is 4.46. The van der Waals surface area contributed by atoms with Crippen molar-refractivity contribution in [2.75, 3.05) is 33.8 Å². The van der Waals surface area contributed by atoms with Gasteiger partial charge in [0.25, 0.3) is 11.8 Å². The Kier molecular flexibility index (Phi) is 6.29. The van der Waals surface area contributed by atoms with E-state index in [1.54, 1.807) is 0 Å². The van der Waals surface area contributed by atoms with Crippen molar-refractivity contribution < 1.29 is 14.3 Å². The normalized spacial score (nSPS) is 13.6. The number of ether oxygens (including phenoxy) is 1. The summed E-state index contributed by atoms with van der Waals surface area (Å²) in [6.07, 6.45) is 2.93. The molecule has 1 aliphatic rings. The Morgan fingerprint density at radius 2 is 1.85 bits per heavy atom. The highest BCUT2D eigenvalue weighted by Gasteiger charge is 2.23. The Morgan fingerprint density at radius 3 is 2.52 bits per heavy atom. The largest absolute Gasteiger partial charge is 0.483 e.